The summed E-state index contributed by atoms with van der Waals surface area (Å²) in [7, 11) is 1.79. The Kier molecular flexibility index (Phi) is 6.67. The highest BCUT2D eigenvalue weighted by atomic mass is 16.4. The molecule has 5 heteroatoms. The molecular weight excluding hydrogens is 242 g/mol. The number of rotatable bonds is 6. The summed E-state index contributed by atoms with van der Waals surface area (Å²) in [4.78, 5) is 13.8. The van der Waals surface area contributed by atoms with Crippen molar-refractivity contribution in [2.45, 2.75) is 64.3 Å². The maximum atomic E-state index is 12.1. The maximum absolute atomic E-state index is 12.1. The fourth-order valence-corrected chi connectivity index (χ4v) is 2.71. The molecule has 0 aliphatic heterocycles. The molecule has 1 aliphatic carbocycles. The Morgan fingerprint density at radius 3 is 2.63 bits per heavy atom. The normalized spacial score (nSPS) is 19.2. The Hall–Kier alpha value is -1.26. The SMILES string of the molecule is CC(CC(N)=NO)N(C)C(=O)CCC1CCCCC1. The van der Waals surface area contributed by atoms with E-state index in [1.165, 1.54) is 32.1 Å². The third kappa shape index (κ3) is 5.49. The van der Waals surface area contributed by atoms with Crippen LogP contribution in [0, 0.1) is 5.92 Å². The quantitative estimate of drug-likeness (QED) is 0.336. The summed E-state index contributed by atoms with van der Waals surface area (Å²) in [6, 6.07) is -0.0326. The third-order valence-corrected chi connectivity index (χ3v) is 4.18. The number of nitrogens with zero attached hydrogens (tertiary/aromatic N) is 2. The molecule has 0 aromatic carbocycles. The lowest BCUT2D eigenvalue weighted by Gasteiger charge is -2.26. The molecule has 0 aromatic rings. The van der Waals surface area contributed by atoms with Crippen LogP contribution in [0.25, 0.3) is 0 Å². The van der Waals surface area contributed by atoms with Crippen LogP contribution in [0.15, 0.2) is 5.16 Å². The molecule has 0 saturated heterocycles. The average molecular weight is 269 g/mol. The lowest BCUT2D eigenvalue weighted by atomic mass is 9.86. The summed E-state index contributed by atoms with van der Waals surface area (Å²) in [5, 5.41) is 11.5. The van der Waals surface area contributed by atoms with Gasteiger partial charge in [0, 0.05) is 25.9 Å². The van der Waals surface area contributed by atoms with Gasteiger partial charge in [0.05, 0.1) is 0 Å². The topological polar surface area (TPSA) is 78.9 Å². The molecule has 0 spiro atoms. The van der Waals surface area contributed by atoms with Gasteiger partial charge in [0.25, 0.3) is 0 Å². The molecule has 3 N–H and O–H groups in total. The van der Waals surface area contributed by atoms with Crippen LogP contribution in [0.2, 0.25) is 0 Å². The third-order valence-electron chi connectivity index (χ3n) is 4.18. The van der Waals surface area contributed by atoms with Gasteiger partial charge in [0.1, 0.15) is 5.84 Å². The number of hydrogen-bond donors (Lipinski definition) is 2. The van der Waals surface area contributed by atoms with Crippen LogP contribution in [-0.2, 0) is 4.79 Å². The Bertz CT molecular complexity index is 312. The van der Waals surface area contributed by atoms with Gasteiger partial charge in [-0.15, -0.1) is 0 Å². The molecule has 110 valence electrons. The molecule has 0 radical (unpaired) electrons. The highest BCUT2D eigenvalue weighted by Gasteiger charge is 2.19. The van der Waals surface area contributed by atoms with E-state index in [4.69, 9.17) is 10.9 Å². The van der Waals surface area contributed by atoms with Gasteiger partial charge < -0.3 is 15.8 Å². The Morgan fingerprint density at radius 2 is 2.05 bits per heavy atom. The predicted molar refractivity (Wildman–Crippen MR) is 76.1 cm³/mol. The van der Waals surface area contributed by atoms with Gasteiger partial charge in [-0.05, 0) is 19.3 Å². The van der Waals surface area contributed by atoms with E-state index in [9.17, 15) is 4.79 Å². The van der Waals surface area contributed by atoms with Crippen LogP contribution >= 0.6 is 0 Å². The molecule has 5 nitrogen and oxygen atoms in total. The molecule has 0 heterocycles. The second-order valence-corrected chi connectivity index (χ2v) is 5.69. The van der Waals surface area contributed by atoms with Gasteiger partial charge >= 0.3 is 0 Å². The molecule has 0 bridgehead atoms. The zero-order chi connectivity index (χ0) is 14.3. The predicted octanol–water partition coefficient (Wildman–Crippen LogP) is 2.33. The van der Waals surface area contributed by atoms with Gasteiger partial charge in [-0.3, -0.25) is 4.79 Å². The van der Waals surface area contributed by atoms with E-state index in [0.29, 0.717) is 12.8 Å². The summed E-state index contributed by atoms with van der Waals surface area (Å²) in [5.41, 5.74) is 5.46. The van der Waals surface area contributed by atoms with Crippen molar-refractivity contribution in [1.82, 2.24) is 4.90 Å². The molecule has 1 aliphatic rings. The molecule has 1 atom stereocenters. The summed E-state index contributed by atoms with van der Waals surface area (Å²) in [5.74, 6) is 1.05. The van der Waals surface area contributed by atoms with Crippen LogP contribution < -0.4 is 5.73 Å². The highest BCUT2D eigenvalue weighted by Crippen LogP contribution is 2.27. The van der Waals surface area contributed by atoms with Crippen molar-refractivity contribution in [3.63, 3.8) is 0 Å². The molecule has 19 heavy (non-hydrogen) atoms. The van der Waals surface area contributed by atoms with Crippen molar-refractivity contribution in [3.8, 4) is 0 Å². The van der Waals surface area contributed by atoms with E-state index in [1.54, 1.807) is 11.9 Å². The molecule has 1 rings (SSSR count). The Morgan fingerprint density at radius 1 is 1.42 bits per heavy atom. The van der Waals surface area contributed by atoms with E-state index < -0.39 is 0 Å². The first-order valence-corrected chi connectivity index (χ1v) is 7.26. The zero-order valence-electron chi connectivity index (χ0n) is 12.1. The molecule has 1 unspecified atom stereocenters. The zero-order valence-corrected chi connectivity index (χ0v) is 12.1. The van der Waals surface area contributed by atoms with Crippen molar-refractivity contribution in [2.75, 3.05) is 7.05 Å². The number of hydrogen-bond acceptors (Lipinski definition) is 3. The Balaban J connectivity index is 2.30. The van der Waals surface area contributed by atoms with Crippen molar-refractivity contribution >= 4 is 11.7 Å². The van der Waals surface area contributed by atoms with Crippen LogP contribution in [0.3, 0.4) is 0 Å². The van der Waals surface area contributed by atoms with Crippen LogP contribution in [0.1, 0.15) is 58.3 Å². The van der Waals surface area contributed by atoms with Gasteiger partial charge in [-0.25, -0.2) is 0 Å². The minimum absolute atomic E-state index is 0.0326. The molecule has 0 aromatic heterocycles. The lowest BCUT2D eigenvalue weighted by molar-refractivity contribution is -0.131. The second-order valence-electron chi connectivity index (χ2n) is 5.69. The first kappa shape index (κ1) is 15.8. The number of carbonyl (C=O) groups is 1. The summed E-state index contributed by atoms with van der Waals surface area (Å²) in [6.07, 6.45) is 8.54. The van der Waals surface area contributed by atoms with Crippen LogP contribution in [0.4, 0.5) is 0 Å². The molecule has 1 amide bonds. The molecule has 1 saturated carbocycles. The largest absolute Gasteiger partial charge is 0.409 e. The van der Waals surface area contributed by atoms with Crippen molar-refractivity contribution in [3.05, 3.63) is 0 Å². The number of amides is 1. The van der Waals surface area contributed by atoms with Crippen LogP contribution in [-0.4, -0.2) is 34.9 Å². The summed E-state index contributed by atoms with van der Waals surface area (Å²) >= 11 is 0. The smallest absolute Gasteiger partial charge is 0.222 e. The first-order valence-electron chi connectivity index (χ1n) is 7.26. The molecule has 1 fully saturated rings. The van der Waals surface area contributed by atoms with E-state index in [-0.39, 0.29) is 17.8 Å². The van der Waals surface area contributed by atoms with Crippen molar-refractivity contribution < 1.29 is 10.0 Å². The number of oxime groups is 1. The highest BCUT2D eigenvalue weighted by molar-refractivity contribution is 5.81. The van der Waals surface area contributed by atoms with Gasteiger partial charge in [-0.1, -0.05) is 37.3 Å². The van der Waals surface area contributed by atoms with Crippen molar-refractivity contribution in [2.24, 2.45) is 16.8 Å². The first-order chi connectivity index (χ1) is 9.04. The van der Waals surface area contributed by atoms with Gasteiger partial charge in [0.2, 0.25) is 5.91 Å². The standard InChI is InChI=1S/C14H27N3O2/c1-11(10-13(15)16-19)17(2)14(18)9-8-12-6-4-3-5-7-12/h11-12,19H,3-10H2,1-2H3,(H2,15,16). The number of nitrogens with two attached hydrogens (primary N) is 1. The van der Waals surface area contributed by atoms with Crippen LogP contribution in [0.5, 0.6) is 0 Å². The van der Waals surface area contributed by atoms with E-state index >= 15 is 0 Å². The Labute approximate surface area is 115 Å². The average Bonchev–Trinajstić information content (AvgIpc) is 2.44. The fraction of sp³-hybridized carbons (Fsp3) is 0.857. The minimum Gasteiger partial charge on any atom is -0.409 e. The summed E-state index contributed by atoms with van der Waals surface area (Å²) in [6.45, 7) is 1.91. The van der Waals surface area contributed by atoms with E-state index in [2.05, 4.69) is 5.16 Å². The lowest BCUT2D eigenvalue weighted by Crippen LogP contribution is -2.37. The monoisotopic (exact) mass is 269 g/mol. The van der Waals surface area contributed by atoms with Gasteiger partial charge in [-0.2, -0.15) is 0 Å². The second kappa shape index (κ2) is 8.02. The van der Waals surface area contributed by atoms with E-state index in [0.717, 1.165) is 12.3 Å². The van der Waals surface area contributed by atoms with Crippen molar-refractivity contribution in [1.29, 1.82) is 0 Å². The molecular formula is C14H27N3O2. The number of amidine groups is 1. The minimum atomic E-state index is -0.0326. The number of carbonyl (C=O) groups excluding carboxylic acids is 1. The maximum Gasteiger partial charge on any atom is 0.222 e. The van der Waals surface area contributed by atoms with Gasteiger partial charge in [0.15, 0.2) is 0 Å². The summed E-state index contributed by atoms with van der Waals surface area (Å²) < 4.78 is 0. The fourth-order valence-electron chi connectivity index (χ4n) is 2.71. The van der Waals surface area contributed by atoms with E-state index in [1.807, 2.05) is 6.92 Å².